The van der Waals surface area contributed by atoms with E-state index in [4.69, 9.17) is 12.2 Å². The monoisotopic (exact) mass is 206 g/mol. The molecule has 0 radical (unpaired) electrons. The number of nitrogens with one attached hydrogen (secondary N) is 1. The molecule has 4 heteroatoms. The van der Waals surface area contributed by atoms with Crippen molar-refractivity contribution in [1.29, 1.82) is 0 Å². The topological polar surface area (TPSA) is 32.3 Å². The van der Waals surface area contributed by atoms with Crippen LogP contribution in [0.4, 0.5) is 0 Å². The lowest BCUT2D eigenvalue weighted by Gasteiger charge is -2.07. The van der Waals surface area contributed by atoms with Gasteiger partial charge in [-0.05, 0) is 17.8 Å². The molecule has 3 nitrogen and oxygen atoms in total. The minimum atomic E-state index is -0.311. The van der Waals surface area contributed by atoms with Crippen molar-refractivity contribution in [3.63, 3.8) is 0 Å². The first-order valence-corrected chi connectivity index (χ1v) is 4.74. The van der Waals surface area contributed by atoms with Crippen molar-refractivity contribution < 1.29 is 4.79 Å². The van der Waals surface area contributed by atoms with Gasteiger partial charge in [0.25, 0.3) is 5.91 Å². The molecule has 0 bridgehead atoms. The van der Waals surface area contributed by atoms with Crippen LogP contribution in [0.5, 0.6) is 0 Å². The van der Waals surface area contributed by atoms with Gasteiger partial charge in [0.05, 0.1) is 0 Å². The van der Waals surface area contributed by atoms with E-state index in [1.54, 1.807) is 7.05 Å². The van der Waals surface area contributed by atoms with Crippen LogP contribution in [-0.2, 0) is 4.79 Å². The molecule has 0 spiro atoms. The minimum Gasteiger partial charge on any atom is -0.347 e. The predicted octanol–water partition coefficient (Wildman–Crippen LogP) is 1.07. The lowest BCUT2D eigenvalue weighted by molar-refractivity contribution is -0.126. The van der Waals surface area contributed by atoms with E-state index in [1.165, 1.54) is 4.90 Å². The molecule has 1 aromatic rings. The van der Waals surface area contributed by atoms with Crippen molar-refractivity contribution in [3.8, 4) is 0 Å². The molecule has 1 N–H and O–H groups in total. The standard InChI is InChI=1S/C10H10N2OS/c1-12-9(13)8(11-10(12)14)7-5-3-2-4-6-7/h2-6,8H,1H3,(H,11,14). The Balaban J connectivity index is 2.30. The van der Waals surface area contributed by atoms with Gasteiger partial charge in [-0.15, -0.1) is 0 Å². The summed E-state index contributed by atoms with van der Waals surface area (Å²) in [7, 11) is 1.68. The molecule has 1 aliphatic heterocycles. The van der Waals surface area contributed by atoms with Crippen molar-refractivity contribution in [3.05, 3.63) is 35.9 Å². The summed E-state index contributed by atoms with van der Waals surface area (Å²) in [5.41, 5.74) is 0.948. The van der Waals surface area contributed by atoms with Gasteiger partial charge in [-0.1, -0.05) is 30.3 Å². The van der Waals surface area contributed by atoms with Crippen molar-refractivity contribution in [2.45, 2.75) is 6.04 Å². The molecule has 1 aliphatic rings. The SMILES string of the molecule is CN1C(=O)C(c2ccccc2)NC1=S. The number of carbonyl (C=O) groups is 1. The molecule has 1 amide bonds. The molecule has 2 rings (SSSR count). The lowest BCUT2D eigenvalue weighted by atomic mass is 10.1. The molecule has 1 unspecified atom stereocenters. The summed E-state index contributed by atoms with van der Waals surface area (Å²) in [6.07, 6.45) is 0. The van der Waals surface area contributed by atoms with Crippen LogP contribution in [0, 0.1) is 0 Å². The largest absolute Gasteiger partial charge is 0.347 e. The minimum absolute atomic E-state index is 0.00111. The molecule has 1 atom stereocenters. The molecule has 0 aromatic heterocycles. The summed E-state index contributed by atoms with van der Waals surface area (Å²) in [6, 6.07) is 9.26. The van der Waals surface area contributed by atoms with Gasteiger partial charge in [0, 0.05) is 7.05 Å². The molecule has 1 saturated heterocycles. The Kier molecular flexibility index (Phi) is 2.21. The van der Waals surface area contributed by atoms with Gasteiger partial charge in [-0.2, -0.15) is 0 Å². The summed E-state index contributed by atoms with van der Waals surface area (Å²) in [6.45, 7) is 0. The van der Waals surface area contributed by atoms with Crippen LogP contribution in [0.2, 0.25) is 0 Å². The molecule has 0 saturated carbocycles. The van der Waals surface area contributed by atoms with Crippen LogP contribution in [0.25, 0.3) is 0 Å². The first-order valence-electron chi connectivity index (χ1n) is 4.33. The fraction of sp³-hybridized carbons (Fsp3) is 0.200. The van der Waals surface area contributed by atoms with Gasteiger partial charge in [0.2, 0.25) is 0 Å². The second kappa shape index (κ2) is 3.38. The number of carbonyl (C=O) groups excluding carboxylic acids is 1. The van der Waals surface area contributed by atoms with Crippen LogP contribution >= 0.6 is 12.2 Å². The third-order valence-corrected chi connectivity index (χ3v) is 2.67. The average molecular weight is 206 g/mol. The number of likely N-dealkylation sites (N-methyl/N-ethyl adjacent to an activating group) is 1. The van der Waals surface area contributed by atoms with Crippen molar-refractivity contribution >= 4 is 23.2 Å². The third-order valence-electron chi connectivity index (χ3n) is 2.28. The summed E-state index contributed by atoms with van der Waals surface area (Å²) in [5, 5.41) is 3.47. The Bertz CT molecular complexity index is 377. The van der Waals surface area contributed by atoms with Gasteiger partial charge in [-0.3, -0.25) is 9.69 Å². The number of hydrogen-bond donors (Lipinski definition) is 1. The van der Waals surface area contributed by atoms with E-state index in [0.717, 1.165) is 5.56 Å². The van der Waals surface area contributed by atoms with Gasteiger partial charge >= 0.3 is 0 Å². The number of hydrogen-bond acceptors (Lipinski definition) is 2. The van der Waals surface area contributed by atoms with Crippen LogP contribution in [0.15, 0.2) is 30.3 Å². The van der Waals surface area contributed by atoms with E-state index in [-0.39, 0.29) is 11.9 Å². The van der Waals surface area contributed by atoms with Crippen molar-refractivity contribution in [2.24, 2.45) is 0 Å². The van der Waals surface area contributed by atoms with Crippen molar-refractivity contribution in [2.75, 3.05) is 7.05 Å². The summed E-state index contributed by atoms with van der Waals surface area (Å²) < 4.78 is 0. The van der Waals surface area contributed by atoms with E-state index in [0.29, 0.717) is 5.11 Å². The highest BCUT2D eigenvalue weighted by molar-refractivity contribution is 7.80. The molecule has 1 heterocycles. The van der Waals surface area contributed by atoms with E-state index in [2.05, 4.69) is 5.32 Å². The number of amides is 1. The Morgan fingerprint density at radius 2 is 2.00 bits per heavy atom. The Labute approximate surface area is 87.7 Å². The van der Waals surface area contributed by atoms with Gasteiger partial charge in [-0.25, -0.2) is 0 Å². The maximum atomic E-state index is 11.7. The molecule has 1 fully saturated rings. The van der Waals surface area contributed by atoms with Crippen LogP contribution in [0.1, 0.15) is 11.6 Å². The quantitative estimate of drug-likeness (QED) is 0.698. The second-order valence-corrected chi connectivity index (χ2v) is 3.58. The number of rotatable bonds is 1. The fourth-order valence-electron chi connectivity index (χ4n) is 1.45. The first kappa shape index (κ1) is 9.15. The van der Waals surface area contributed by atoms with Gasteiger partial charge < -0.3 is 5.32 Å². The fourth-order valence-corrected chi connectivity index (χ4v) is 1.65. The highest BCUT2D eigenvalue weighted by atomic mass is 32.1. The highest BCUT2D eigenvalue weighted by Crippen LogP contribution is 2.20. The zero-order valence-corrected chi connectivity index (χ0v) is 8.54. The van der Waals surface area contributed by atoms with Crippen LogP contribution < -0.4 is 5.32 Å². The molecule has 1 aromatic carbocycles. The summed E-state index contributed by atoms with van der Waals surface area (Å²) in [4.78, 5) is 13.2. The van der Waals surface area contributed by atoms with E-state index >= 15 is 0 Å². The molecule has 72 valence electrons. The second-order valence-electron chi connectivity index (χ2n) is 3.19. The predicted molar refractivity (Wildman–Crippen MR) is 57.7 cm³/mol. The average Bonchev–Trinajstić information content (AvgIpc) is 2.47. The smallest absolute Gasteiger partial charge is 0.255 e. The number of nitrogens with zero attached hydrogens (tertiary/aromatic N) is 1. The maximum Gasteiger partial charge on any atom is 0.255 e. The zero-order valence-electron chi connectivity index (χ0n) is 7.73. The van der Waals surface area contributed by atoms with Crippen LogP contribution in [0.3, 0.4) is 0 Å². The molecular weight excluding hydrogens is 196 g/mol. The zero-order chi connectivity index (χ0) is 10.1. The highest BCUT2D eigenvalue weighted by Gasteiger charge is 2.33. The third kappa shape index (κ3) is 1.37. The van der Waals surface area contributed by atoms with Gasteiger partial charge in [0.1, 0.15) is 6.04 Å². The summed E-state index contributed by atoms with van der Waals surface area (Å²) in [5.74, 6) is 0.00111. The maximum absolute atomic E-state index is 11.7. The summed E-state index contributed by atoms with van der Waals surface area (Å²) >= 11 is 4.99. The lowest BCUT2D eigenvalue weighted by Crippen LogP contribution is -2.25. The molecule has 0 aliphatic carbocycles. The van der Waals surface area contributed by atoms with Crippen LogP contribution in [-0.4, -0.2) is 23.0 Å². The molecule has 14 heavy (non-hydrogen) atoms. The normalized spacial score (nSPS) is 21.2. The molecular formula is C10H10N2OS. The van der Waals surface area contributed by atoms with Crippen molar-refractivity contribution in [1.82, 2.24) is 10.2 Å². The van der Waals surface area contributed by atoms with Gasteiger partial charge in [0.15, 0.2) is 5.11 Å². The number of benzene rings is 1. The Morgan fingerprint density at radius 1 is 1.36 bits per heavy atom. The van der Waals surface area contributed by atoms with E-state index in [1.807, 2.05) is 30.3 Å². The number of thiocarbonyl (C=S) groups is 1. The Morgan fingerprint density at radius 3 is 2.50 bits per heavy atom. The Hall–Kier alpha value is -1.42. The first-order chi connectivity index (χ1) is 6.70. The van der Waals surface area contributed by atoms with E-state index in [9.17, 15) is 4.79 Å². The van der Waals surface area contributed by atoms with E-state index < -0.39 is 0 Å².